The van der Waals surface area contributed by atoms with Crippen molar-refractivity contribution in [2.45, 2.75) is 51.6 Å². The van der Waals surface area contributed by atoms with E-state index in [4.69, 9.17) is 10.8 Å². The molecule has 0 aromatic carbocycles. The standard InChI is InChI=1S/C11H24N2O2/c1-6-10(2,3)13(5)8-7-11(4,12)9(14)15/h6-8,12H2,1-5H3,(H,14,15). The predicted octanol–water partition coefficient (Wildman–Crippen LogP) is 1.30. The minimum Gasteiger partial charge on any atom is -0.480 e. The van der Waals surface area contributed by atoms with Crippen molar-refractivity contribution in [2.75, 3.05) is 13.6 Å². The number of carbonyl (C=O) groups is 1. The van der Waals surface area contributed by atoms with Crippen LogP contribution in [0.1, 0.15) is 40.5 Å². The van der Waals surface area contributed by atoms with Gasteiger partial charge in [-0.05, 0) is 40.7 Å². The third-order valence-electron chi connectivity index (χ3n) is 3.35. The van der Waals surface area contributed by atoms with Crippen molar-refractivity contribution < 1.29 is 9.90 Å². The highest BCUT2D eigenvalue weighted by Crippen LogP contribution is 2.18. The molecule has 1 unspecified atom stereocenters. The van der Waals surface area contributed by atoms with Crippen LogP contribution in [0.15, 0.2) is 0 Å². The minimum absolute atomic E-state index is 0.0918. The van der Waals surface area contributed by atoms with E-state index >= 15 is 0 Å². The molecule has 0 saturated carbocycles. The summed E-state index contributed by atoms with van der Waals surface area (Å²) in [7, 11) is 2.00. The number of nitrogens with zero attached hydrogens (tertiary/aromatic N) is 1. The summed E-state index contributed by atoms with van der Waals surface area (Å²) in [4.78, 5) is 13.0. The number of aliphatic carboxylic acids is 1. The highest BCUT2D eigenvalue weighted by molar-refractivity contribution is 5.77. The van der Waals surface area contributed by atoms with Crippen LogP contribution in [0, 0.1) is 0 Å². The van der Waals surface area contributed by atoms with Crippen LogP contribution in [0.3, 0.4) is 0 Å². The molecule has 0 heterocycles. The lowest BCUT2D eigenvalue weighted by atomic mass is 9.95. The molecule has 90 valence electrons. The van der Waals surface area contributed by atoms with Crippen molar-refractivity contribution in [3.63, 3.8) is 0 Å². The second-order valence-corrected chi connectivity index (χ2v) is 5.06. The largest absolute Gasteiger partial charge is 0.480 e. The molecule has 3 N–H and O–H groups in total. The first-order chi connectivity index (χ1) is 6.63. The van der Waals surface area contributed by atoms with Crippen molar-refractivity contribution >= 4 is 5.97 Å². The first-order valence-corrected chi connectivity index (χ1v) is 5.37. The number of nitrogens with two attached hydrogens (primary N) is 1. The fourth-order valence-electron chi connectivity index (χ4n) is 1.08. The molecule has 0 radical (unpaired) electrons. The van der Waals surface area contributed by atoms with Gasteiger partial charge in [-0.15, -0.1) is 0 Å². The fourth-order valence-corrected chi connectivity index (χ4v) is 1.08. The monoisotopic (exact) mass is 216 g/mol. The maximum atomic E-state index is 10.8. The van der Waals surface area contributed by atoms with Crippen molar-refractivity contribution in [3.8, 4) is 0 Å². The minimum atomic E-state index is -1.13. The second kappa shape index (κ2) is 4.94. The van der Waals surface area contributed by atoms with Gasteiger partial charge >= 0.3 is 5.97 Å². The summed E-state index contributed by atoms with van der Waals surface area (Å²) in [6, 6.07) is 0. The van der Waals surface area contributed by atoms with Gasteiger partial charge in [0.1, 0.15) is 5.54 Å². The molecule has 4 nitrogen and oxygen atoms in total. The van der Waals surface area contributed by atoms with Crippen LogP contribution in [0.5, 0.6) is 0 Å². The quantitative estimate of drug-likeness (QED) is 0.702. The van der Waals surface area contributed by atoms with Crippen LogP contribution >= 0.6 is 0 Å². The normalized spacial score (nSPS) is 16.5. The summed E-state index contributed by atoms with van der Waals surface area (Å²) < 4.78 is 0. The van der Waals surface area contributed by atoms with E-state index in [1.54, 1.807) is 6.92 Å². The van der Waals surface area contributed by atoms with Gasteiger partial charge < -0.3 is 15.7 Å². The van der Waals surface area contributed by atoms with Crippen LogP contribution in [-0.4, -0.2) is 40.6 Å². The third-order valence-corrected chi connectivity index (χ3v) is 3.35. The first kappa shape index (κ1) is 14.4. The molecule has 0 aromatic rings. The van der Waals surface area contributed by atoms with Gasteiger partial charge in [-0.1, -0.05) is 6.92 Å². The van der Waals surface area contributed by atoms with Gasteiger partial charge in [0.15, 0.2) is 0 Å². The smallest absolute Gasteiger partial charge is 0.323 e. The van der Waals surface area contributed by atoms with Gasteiger partial charge in [0.05, 0.1) is 0 Å². The molecule has 0 fully saturated rings. The molecule has 0 amide bonds. The summed E-state index contributed by atoms with van der Waals surface area (Å²) >= 11 is 0. The Labute approximate surface area is 92.4 Å². The van der Waals surface area contributed by atoms with E-state index in [0.29, 0.717) is 13.0 Å². The Hall–Kier alpha value is -0.610. The number of carboxylic acids is 1. The molecule has 0 spiro atoms. The first-order valence-electron chi connectivity index (χ1n) is 5.37. The predicted molar refractivity (Wildman–Crippen MR) is 61.8 cm³/mol. The molecule has 0 aromatic heterocycles. The molecule has 4 heteroatoms. The Morgan fingerprint density at radius 2 is 1.87 bits per heavy atom. The third kappa shape index (κ3) is 4.18. The topological polar surface area (TPSA) is 66.6 Å². The van der Waals surface area contributed by atoms with Gasteiger partial charge in [0, 0.05) is 12.1 Å². The molecule has 0 aliphatic heterocycles. The number of hydrogen-bond donors (Lipinski definition) is 2. The Morgan fingerprint density at radius 1 is 1.40 bits per heavy atom. The van der Waals surface area contributed by atoms with E-state index in [-0.39, 0.29) is 5.54 Å². The van der Waals surface area contributed by atoms with E-state index in [9.17, 15) is 4.79 Å². The second-order valence-electron chi connectivity index (χ2n) is 5.06. The van der Waals surface area contributed by atoms with Crippen LogP contribution in [0.4, 0.5) is 0 Å². The summed E-state index contributed by atoms with van der Waals surface area (Å²) in [6.45, 7) is 8.65. The zero-order chi connectivity index (χ0) is 12.3. The van der Waals surface area contributed by atoms with E-state index in [1.807, 2.05) is 7.05 Å². The van der Waals surface area contributed by atoms with Crippen molar-refractivity contribution in [3.05, 3.63) is 0 Å². The van der Waals surface area contributed by atoms with Gasteiger partial charge in [-0.25, -0.2) is 0 Å². The Morgan fingerprint density at radius 3 is 2.20 bits per heavy atom. The maximum absolute atomic E-state index is 10.8. The zero-order valence-corrected chi connectivity index (χ0v) is 10.5. The maximum Gasteiger partial charge on any atom is 0.323 e. The number of carboxylic acid groups (broad SMARTS) is 1. The van der Waals surface area contributed by atoms with Crippen molar-refractivity contribution in [2.24, 2.45) is 5.73 Å². The average molecular weight is 216 g/mol. The molecular weight excluding hydrogens is 192 g/mol. The lowest BCUT2D eigenvalue weighted by Crippen LogP contribution is -2.49. The molecule has 0 rings (SSSR count). The SMILES string of the molecule is CCC(C)(C)N(C)CCC(C)(N)C(=O)O. The fraction of sp³-hybridized carbons (Fsp3) is 0.909. The number of hydrogen-bond acceptors (Lipinski definition) is 3. The molecular formula is C11H24N2O2. The molecule has 15 heavy (non-hydrogen) atoms. The Balaban J connectivity index is 4.23. The van der Waals surface area contributed by atoms with Gasteiger partial charge in [-0.3, -0.25) is 4.79 Å². The average Bonchev–Trinajstić information content (AvgIpc) is 2.13. The summed E-state index contributed by atoms with van der Waals surface area (Å²) in [5.74, 6) is -0.940. The van der Waals surface area contributed by atoms with Gasteiger partial charge in [0.2, 0.25) is 0 Å². The lowest BCUT2D eigenvalue weighted by molar-refractivity contribution is -0.143. The van der Waals surface area contributed by atoms with E-state index in [2.05, 4.69) is 25.7 Å². The molecule has 0 saturated heterocycles. The summed E-state index contributed by atoms with van der Waals surface area (Å²) in [6.07, 6.45) is 1.49. The molecule has 0 aliphatic carbocycles. The highest BCUT2D eigenvalue weighted by atomic mass is 16.4. The lowest BCUT2D eigenvalue weighted by Gasteiger charge is -2.36. The van der Waals surface area contributed by atoms with Crippen LogP contribution in [-0.2, 0) is 4.79 Å². The highest BCUT2D eigenvalue weighted by Gasteiger charge is 2.30. The Bertz CT molecular complexity index is 225. The van der Waals surface area contributed by atoms with Gasteiger partial charge in [-0.2, -0.15) is 0 Å². The van der Waals surface area contributed by atoms with E-state index in [0.717, 1.165) is 6.42 Å². The van der Waals surface area contributed by atoms with Crippen LogP contribution in [0.25, 0.3) is 0 Å². The Kier molecular flexibility index (Phi) is 4.74. The summed E-state index contributed by atoms with van der Waals surface area (Å²) in [5, 5.41) is 8.87. The van der Waals surface area contributed by atoms with Crippen LogP contribution in [0.2, 0.25) is 0 Å². The van der Waals surface area contributed by atoms with E-state index in [1.165, 1.54) is 0 Å². The van der Waals surface area contributed by atoms with Crippen molar-refractivity contribution in [1.29, 1.82) is 0 Å². The van der Waals surface area contributed by atoms with Crippen LogP contribution < -0.4 is 5.73 Å². The van der Waals surface area contributed by atoms with Crippen molar-refractivity contribution in [1.82, 2.24) is 4.90 Å². The van der Waals surface area contributed by atoms with E-state index < -0.39 is 11.5 Å². The molecule has 0 bridgehead atoms. The zero-order valence-electron chi connectivity index (χ0n) is 10.5. The molecule has 0 aliphatic rings. The van der Waals surface area contributed by atoms with Gasteiger partial charge in [0.25, 0.3) is 0 Å². The summed E-state index contributed by atoms with van der Waals surface area (Å²) in [5.41, 5.74) is 4.63. The number of rotatable bonds is 6. The molecule has 1 atom stereocenters.